The zero-order valence-corrected chi connectivity index (χ0v) is 10.1. The monoisotopic (exact) mass is 207 g/mol. The fraction of sp³-hybridized carbons (Fsp3) is 0.538. The van der Waals surface area contributed by atoms with Crippen molar-refractivity contribution in [2.75, 3.05) is 18.5 Å². The van der Waals surface area contributed by atoms with Crippen LogP contribution >= 0.6 is 0 Å². The molecule has 0 aromatic heterocycles. The summed E-state index contributed by atoms with van der Waals surface area (Å²) in [5.41, 5.74) is 2.36. The average molecular weight is 207 g/mol. The first-order valence-electron chi connectivity index (χ1n) is 5.60. The van der Waals surface area contributed by atoms with Crippen LogP contribution in [0.15, 0.2) is 18.2 Å². The third kappa shape index (κ3) is 3.82. The summed E-state index contributed by atoms with van der Waals surface area (Å²) in [6.45, 7) is 10.2. The summed E-state index contributed by atoms with van der Waals surface area (Å²) in [5.74, 6) is 1.64. The molecule has 15 heavy (non-hydrogen) atoms. The van der Waals surface area contributed by atoms with Gasteiger partial charge in [0.25, 0.3) is 0 Å². The van der Waals surface area contributed by atoms with E-state index in [1.54, 1.807) is 0 Å². The first kappa shape index (κ1) is 11.9. The van der Waals surface area contributed by atoms with Crippen molar-refractivity contribution in [3.05, 3.63) is 23.8 Å². The predicted molar refractivity (Wildman–Crippen MR) is 65.7 cm³/mol. The largest absolute Gasteiger partial charge is 0.494 e. The summed E-state index contributed by atoms with van der Waals surface area (Å²) < 4.78 is 5.49. The minimum atomic E-state index is 0.664. The molecule has 2 nitrogen and oxygen atoms in total. The van der Waals surface area contributed by atoms with Gasteiger partial charge in [0.05, 0.1) is 6.61 Å². The molecule has 0 aliphatic carbocycles. The molecule has 0 fully saturated rings. The van der Waals surface area contributed by atoms with Crippen molar-refractivity contribution in [3.8, 4) is 5.75 Å². The number of nitrogens with one attached hydrogen (secondary N) is 1. The molecule has 1 aromatic rings. The maximum Gasteiger partial charge on any atom is 0.122 e. The summed E-state index contributed by atoms with van der Waals surface area (Å²) in [6, 6.07) is 6.23. The van der Waals surface area contributed by atoms with Gasteiger partial charge in [0, 0.05) is 12.2 Å². The molecule has 2 heteroatoms. The highest BCUT2D eigenvalue weighted by molar-refractivity contribution is 5.50. The van der Waals surface area contributed by atoms with Crippen LogP contribution < -0.4 is 10.1 Å². The topological polar surface area (TPSA) is 21.3 Å². The summed E-state index contributed by atoms with van der Waals surface area (Å²) in [5, 5.41) is 3.40. The van der Waals surface area contributed by atoms with Crippen LogP contribution in [0, 0.1) is 12.8 Å². The van der Waals surface area contributed by atoms with Crippen LogP contribution in [0.4, 0.5) is 5.69 Å². The van der Waals surface area contributed by atoms with Crippen molar-refractivity contribution in [1.29, 1.82) is 0 Å². The second-order valence-electron chi connectivity index (χ2n) is 4.19. The maximum absolute atomic E-state index is 5.49. The lowest BCUT2D eigenvalue weighted by Crippen LogP contribution is -2.08. The van der Waals surface area contributed by atoms with E-state index in [2.05, 4.69) is 38.2 Å². The Morgan fingerprint density at radius 3 is 2.60 bits per heavy atom. The molecule has 0 aliphatic rings. The summed E-state index contributed by atoms with van der Waals surface area (Å²) >= 11 is 0. The number of ether oxygens (including phenoxy) is 1. The fourth-order valence-corrected chi connectivity index (χ4v) is 1.40. The summed E-state index contributed by atoms with van der Waals surface area (Å²) in [6.07, 6.45) is 0. The normalized spacial score (nSPS) is 10.5. The highest BCUT2D eigenvalue weighted by atomic mass is 16.5. The van der Waals surface area contributed by atoms with Crippen molar-refractivity contribution in [3.63, 3.8) is 0 Å². The minimum Gasteiger partial charge on any atom is -0.494 e. The van der Waals surface area contributed by atoms with E-state index in [0.29, 0.717) is 5.92 Å². The van der Waals surface area contributed by atoms with Gasteiger partial charge in [-0.1, -0.05) is 13.8 Å². The molecular weight excluding hydrogens is 186 g/mol. The van der Waals surface area contributed by atoms with Crippen LogP contribution in [0.3, 0.4) is 0 Å². The molecule has 1 N–H and O–H groups in total. The van der Waals surface area contributed by atoms with E-state index in [4.69, 9.17) is 4.74 Å². The second kappa shape index (κ2) is 5.64. The highest BCUT2D eigenvalue weighted by Gasteiger charge is 2.00. The Kier molecular flexibility index (Phi) is 4.47. The van der Waals surface area contributed by atoms with Gasteiger partial charge in [-0.05, 0) is 43.5 Å². The van der Waals surface area contributed by atoms with Gasteiger partial charge in [-0.25, -0.2) is 0 Å². The Morgan fingerprint density at radius 1 is 1.33 bits per heavy atom. The van der Waals surface area contributed by atoms with Crippen molar-refractivity contribution >= 4 is 5.69 Å². The minimum absolute atomic E-state index is 0.664. The van der Waals surface area contributed by atoms with Gasteiger partial charge in [-0.3, -0.25) is 0 Å². The predicted octanol–water partition coefficient (Wildman–Crippen LogP) is 3.46. The first-order valence-corrected chi connectivity index (χ1v) is 5.60. The van der Waals surface area contributed by atoms with E-state index in [1.807, 2.05) is 13.0 Å². The lowest BCUT2D eigenvalue weighted by molar-refractivity contribution is 0.338. The van der Waals surface area contributed by atoms with E-state index in [-0.39, 0.29) is 0 Å². The van der Waals surface area contributed by atoms with Gasteiger partial charge < -0.3 is 10.1 Å². The molecule has 1 rings (SSSR count). The third-order valence-electron chi connectivity index (χ3n) is 2.19. The Hall–Kier alpha value is -1.18. The van der Waals surface area contributed by atoms with Crippen LogP contribution in [0.25, 0.3) is 0 Å². The molecule has 0 saturated heterocycles. The Morgan fingerprint density at radius 2 is 2.07 bits per heavy atom. The van der Waals surface area contributed by atoms with E-state index in [0.717, 1.165) is 18.9 Å². The van der Waals surface area contributed by atoms with Crippen LogP contribution in [-0.2, 0) is 0 Å². The SMILES string of the molecule is CCOc1ccc(NCC(C)C)cc1C. The molecule has 0 saturated carbocycles. The zero-order chi connectivity index (χ0) is 11.3. The number of benzene rings is 1. The van der Waals surface area contributed by atoms with Gasteiger partial charge in [0.2, 0.25) is 0 Å². The number of anilines is 1. The second-order valence-corrected chi connectivity index (χ2v) is 4.19. The molecule has 0 unspecified atom stereocenters. The molecule has 0 radical (unpaired) electrons. The van der Waals surface area contributed by atoms with Gasteiger partial charge in [0.1, 0.15) is 5.75 Å². The van der Waals surface area contributed by atoms with Gasteiger partial charge >= 0.3 is 0 Å². The van der Waals surface area contributed by atoms with Crippen molar-refractivity contribution in [1.82, 2.24) is 0 Å². The van der Waals surface area contributed by atoms with Gasteiger partial charge in [-0.2, -0.15) is 0 Å². The van der Waals surface area contributed by atoms with E-state index < -0.39 is 0 Å². The molecular formula is C13H21NO. The number of hydrogen-bond donors (Lipinski definition) is 1. The molecule has 0 bridgehead atoms. The smallest absolute Gasteiger partial charge is 0.122 e. The van der Waals surface area contributed by atoms with E-state index >= 15 is 0 Å². The Bertz CT molecular complexity index is 307. The summed E-state index contributed by atoms with van der Waals surface area (Å²) in [7, 11) is 0. The number of aryl methyl sites for hydroxylation is 1. The zero-order valence-electron chi connectivity index (χ0n) is 10.1. The van der Waals surface area contributed by atoms with E-state index in [9.17, 15) is 0 Å². The fourth-order valence-electron chi connectivity index (χ4n) is 1.40. The molecule has 1 aromatic carbocycles. The Balaban J connectivity index is 2.64. The lowest BCUT2D eigenvalue weighted by atomic mass is 10.2. The molecule has 0 aliphatic heterocycles. The van der Waals surface area contributed by atoms with E-state index in [1.165, 1.54) is 11.3 Å². The quantitative estimate of drug-likeness (QED) is 0.798. The molecule has 0 amide bonds. The molecule has 0 heterocycles. The van der Waals surface area contributed by atoms with Crippen molar-refractivity contribution in [2.45, 2.75) is 27.7 Å². The average Bonchev–Trinajstić information content (AvgIpc) is 2.19. The van der Waals surface area contributed by atoms with Crippen LogP contribution in [0.1, 0.15) is 26.3 Å². The third-order valence-corrected chi connectivity index (χ3v) is 2.19. The van der Waals surface area contributed by atoms with Gasteiger partial charge in [-0.15, -0.1) is 0 Å². The Labute approximate surface area is 92.6 Å². The van der Waals surface area contributed by atoms with Crippen LogP contribution in [0.2, 0.25) is 0 Å². The maximum atomic E-state index is 5.49. The molecule has 0 atom stereocenters. The standard InChI is InChI=1S/C13H21NO/c1-5-15-13-7-6-12(8-11(13)4)14-9-10(2)3/h6-8,10,14H,5,9H2,1-4H3. The summed E-state index contributed by atoms with van der Waals surface area (Å²) in [4.78, 5) is 0. The van der Waals surface area contributed by atoms with Gasteiger partial charge in [0.15, 0.2) is 0 Å². The van der Waals surface area contributed by atoms with Crippen molar-refractivity contribution < 1.29 is 4.74 Å². The van der Waals surface area contributed by atoms with Crippen LogP contribution in [-0.4, -0.2) is 13.2 Å². The number of rotatable bonds is 5. The first-order chi connectivity index (χ1) is 7.13. The molecule has 0 spiro atoms. The molecule has 84 valence electrons. The highest BCUT2D eigenvalue weighted by Crippen LogP contribution is 2.21. The van der Waals surface area contributed by atoms with Crippen LogP contribution in [0.5, 0.6) is 5.75 Å². The van der Waals surface area contributed by atoms with Crippen molar-refractivity contribution in [2.24, 2.45) is 5.92 Å². The lowest BCUT2D eigenvalue weighted by Gasteiger charge is -2.12. The number of hydrogen-bond acceptors (Lipinski definition) is 2.